The van der Waals surface area contributed by atoms with Gasteiger partial charge in [-0.1, -0.05) is 35.9 Å². The molecule has 0 heterocycles. The van der Waals surface area contributed by atoms with Crippen molar-refractivity contribution in [2.24, 2.45) is 0 Å². The van der Waals surface area contributed by atoms with Crippen molar-refractivity contribution < 1.29 is 14.6 Å². The van der Waals surface area contributed by atoms with Gasteiger partial charge < -0.3 is 20.5 Å². The molecule has 0 fully saturated rings. The molecule has 0 radical (unpaired) electrons. The summed E-state index contributed by atoms with van der Waals surface area (Å²) in [6.45, 7) is 5.46. The second-order valence-electron chi connectivity index (χ2n) is 6.70. The molecule has 0 aliphatic carbocycles. The summed E-state index contributed by atoms with van der Waals surface area (Å²) in [6, 6.07) is 14.1. The molecule has 140 valence electrons. The van der Waals surface area contributed by atoms with Crippen LogP contribution in [0.5, 0.6) is 5.75 Å². The van der Waals surface area contributed by atoms with Crippen molar-refractivity contribution in [2.75, 3.05) is 12.4 Å². The smallest absolute Gasteiger partial charge is 0.251 e. The fourth-order valence-corrected chi connectivity index (χ4v) is 2.84. The lowest BCUT2D eigenvalue weighted by molar-refractivity contribution is -0.131. The Kier molecular flexibility index (Phi) is 6.51. The number of carbonyl (C=O) groups excluding carboxylic acids is 1. The van der Waals surface area contributed by atoms with Crippen LogP contribution in [0.1, 0.15) is 26.3 Å². The van der Waals surface area contributed by atoms with Gasteiger partial charge >= 0.3 is 0 Å². The van der Waals surface area contributed by atoms with Gasteiger partial charge in [0.05, 0.1) is 24.4 Å². The summed E-state index contributed by atoms with van der Waals surface area (Å²) in [7, 11) is 1.57. The number of carbonyl (C=O) groups is 1. The van der Waals surface area contributed by atoms with Crippen molar-refractivity contribution in [1.82, 2.24) is 5.32 Å². The van der Waals surface area contributed by atoms with Crippen molar-refractivity contribution in [2.45, 2.75) is 38.5 Å². The molecule has 26 heavy (non-hydrogen) atoms. The molecular formula is C20H25ClN2O3. The predicted molar refractivity (Wildman–Crippen MR) is 105 cm³/mol. The number of ether oxygens (including phenoxy) is 1. The lowest BCUT2D eigenvalue weighted by Gasteiger charge is -2.30. The highest BCUT2D eigenvalue weighted by Gasteiger charge is 2.29. The molecule has 0 saturated carbocycles. The number of benzene rings is 2. The van der Waals surface area contributed by atoms with Crippen molar-refractivity contribution in [3.8, 4) is 5.75 Å². The summed E-state index contributed by atoms with van der Waals surface area (Å²) in [5.74, 6) is 0.177. The van der Waals surface area contributed by atoms with Gasteiger partial charge in [-0.05, 0) is 50.6 Å². The Bertz CT molecular complexity index is 764. The minimum Gasteiger partial charge on any atom is -0.495 e. The second kappa shape index (κ2) is 8.43. The van der Waals surface area contributed by atoms with E-state index in [-0.39, 0.29) is 0 Å². The van der Waals surface area contributed by atoms with Crippen LogP contribution in [0.4, 0.5) is 5.69 Å². The van der Waals surface area contributed by atoms with Crippen LogP contribution >= 0.6 is 11.6 Å². The molecule has 0 aliphatic rings. The molecule has 0 aromatic heterocycles. The maximum Gasteiger partial charge on any atom is 0.251 e. The Morgan fingerprint density at radius 3 is 2.54 bits per heavy atom. The molecule has 2 rings (SSSR count). The van der Waals surface area contributed by atoms with Gasteiger partial charge in [-0.3, -0.25) is 4.79 Å². The lowest BCUT2D eigenvalue weighted by atomic mass is 9.93. The standard InChI is InChI=1S/C20H25ClN2O3/c1-13(22-16-10-5-6-11-17(16)26-4)18(24)19(25)23-20(2,3)14-8-7-9-15(21)12-14/h5-13,18,22,24H,1-4H3,(H,23,25). The Balaban J connectivity index is 2.06. The fourth-order valence-electron chi connectivity index (χ4n) is 2.65. The van der Waals surface area contributed by atoms with Gasteiger partial charge in [-0.2, -0.15) is 0 Å². The number of methoxy groups -OCH3 is 1. The minimum absolute atomic E-state index is 0.468. The first-order valence-electron chi connectivity index (χ1n) is 8.40. The third-order valence-electron chi connectivity index (χ3n) is 4.21. The van der Waals surface area contributed by atoms with Crippen LogP contribution in [0.2, 0.25) is 5.02 Å². The first kappa shape index (κ1) is 20.1. The monoisotopic (exact) mass is 376 g/mol. The van der Waals surface area contributed by atoms with Gasteiger partial charge in [-0.25, -0.2) is 0 Å². The zero-order valence-corrected chi connectivity index (χ0v) is 16.2. The zero-order chi connectivity index (χ0) is 19.3. The summed E-state index contributed by atoms with van der Waals surface area (Å²) in [6.07, 6.45) is -1.24. The molecule has 1 amide bonds. The summed E-state index contributed by atoms with van der Waals surface area (Å²) in [5.41, 5.74) is 0.895. The number of nitrogens with one attached hydrogen (secondary N) is 2. The van der Waals surface area contributed by atoms with Gasteiger partial charge in [-0.15, -0.1) is 0 Å². The maximum atomic E-state index is 12.5. The summed E-state index contributed by atoms with van der Waals surface area (Å²) in [4.78, 5) is 12.5. The van der Waals surface area contributed by atoms with Gasteiger partial charge in [0.1, 0.15) is 5.75 Å². The third kappa shape index (κ3) is 4.90. The highest BCUT2D eigenvalue weighted by atomic mass is 35.5. The van der Waals surface area contributed by atoms with E-state index in [0.29, 0.717) is 16.5 Å². The van der Waals surface area contributed by atoms with E-state index in [4.69, 9.17) is 16.3 Å². The Hall–Kier alpha value is -2.24. The Morgan fingerprint density at radius 1 is 1.19 bits per heavy atom. The molecular weight excluding hydrogens is 352 g/mol. The molecule has 5 nitrogen and oxygen atoms in total. The number of hydrogen-bond donors (Lipinski definition) is 3. The molecule has 0 aliphatic heterocycles. The van der Waals surface area contributed by atoms with Gasteiger partial charge in [0, 0.05) is 5.02 Å². The quantitative estimate of drug-likeness (QED) is 0.691. The fraction of sp³-hybridized carbons (Fsp3) is 0.350. The van der Waals surface area contributed by atoms with Crippen molar-refractivity contribution >= 4 is 23.2 Å². The largest absolute Gasteiger partial charge is 0.495 e. The van der Waals surface area contributed by atoms with Crippen LogP contribution in [-0.4, -0.2) is 30.3 Å². The van der Waals surface area contributed by atoms with Crippen LogP contribution in [-0.2, 0) is 10.3 Å². The summed E-state index contributed by atoms with van der Waals surface area (Å²) in [5, 5.41) is 17.0. The molecule has 3 N–H and O–H groups in total. The number of aliphatic hydroxyl groups excluding tert-OH is 1. The van der Waals surface area contributed by atoms with Crippen LogP contribution in [0.15, 0.2) is 48.5 Å². The van der Waals surface area contributed by atoms with E-state index in [9.17, 15) is 9.90 Å². The molecule has 0 saturated heterocycles. The summed E-state index contributed by atoms with van der Waals surface area (Å²) < 4.78 is 5.28. The number of hydrogen-bond acceptors (Lipinski definition) is 4. The number of anilines is 1. The molecule has 2 aromatic carbocycles. The van der Waals surface area contributed by atoms with E-state index in [0.717, 1.165) is 5.56 Å². The number of amides is 1. The molecule has 0 bridgehead atoms. The maximum absolute atomic E-state index is 12.5. The van der Waals surface area contributed by atoms with Crippen LogP contribution in [0, 0.1) is 0 Å². The lowest BCUT2D eigenvalue weighted by Crippen LogP contribution is -2.50. The second-order valence-corrected chi connectivity index (χ2v) is 7.14. The van der Waals surface area contributed by atoms with Gasteiger partial charge in [0.15, 0.2) is 6.10 Å². The van der Waals surface area contributed by atoms with Crippen LogP contribution in [0.3, 0.4) is 0 Å². The first-order chi connectivity index (χ1) is 12.2. The van der Waals surface area contributed by atoms with Gasteiger partial charge in [0.2, 0.25) is 0 Å². The molecule has 6 heteroatoms. The first-order valence-corrected chi connectivity index (χ1v) is 8.78. The van der Waals surface area contributed by atoms with Crippen LogP contribution < -0.4 is 15.4 Å². The highest BCUT2D eigenvalue weighted by molar-refractivity contribution is 6.30. The Morgan fingerprint density at radius 2 is 1.88 bits per heavy atom. The van der Waals surface area contributed by atoms with E-state index >= 15 is 0 Å². The number of halogens is 1. The SMILES string of the molecule is COc1ccccc1NC(C)C(O)C(=O)NC(C)(C)c1cccc(Cl)c1. The minimum atomic E-state index is -1.24. The number of rotatable bonds is 7. The normalized spacial score (nSPS) is 13.6. The molecule has 0 spiro atoms. The van der Waals surface area contributed by atoms with E-state index < -0.39 is 23.6 Å². The van der Waals surface area contributed by atoms with Crippen molar-refractivity contribution in [3.63, 3.8) is 0 Å². The zero-order valence-electron chi connectivity index (χ0n) is 15.4. The van der Waals surface area contributed by atoms with Crippen LogP contribution in [0.25, 0.3) is 0 Å². The Labute approximate surface area is 159 Å². The average Bonchev–Trinajstić information content (AvgIpc) is 2.61. The number of para-hydroxylation sites is 2. The topological polar surface area (TPSA) is 70.6 Å². The van der Waals surface area contributed by atoms with Crippen molar-refractivity contribution in [3.05, 3.63) is 59.1 Å². The van der Waals surface area contributed by atoms with E-state index in [1.165, 1.54) is 0 Å². The number of aliphatic hydroxyl groups is 1. The highest BCUT2D eigenvalue weighted by Crippen LogP contribution is 2.25. The molecule has 2 aromatic rings. The van der Waals surface area contributed by atoms with E-state index in [1.54, 1.807) is 26.2 Å². The predicted octanol–water partition coefficient (Wildman–Crippen LogP) is 3.56. The summed E-state index contributed by atoms with van der Waals surface area (Å²) >= 11 is 6.04. The third-order valence-corrected chi connectivity index (χ3v) is 4.45. The molecule has 2 atom stereocenters. The van der Waals surface area contributed by atoms with Crippen molar-refractivity contribution in [1.29, 1.82) is 0 Å². The van der Waals surface area contributed by atoms with E-state index in [2.05, 4.69) is 10.6 Å². The van der Waals surface area contributed by atoms with Gasteiger partial charge in [0.25, 0.3) is 5.91 Å². The average molecular weight is 377 g/mol. The van der Waals surface area contributed by atoms with E-state index in [1.807, 2.05) is 50.2 Å². The molecule has 2 unspecified atom stereocenters.